The molecule has 1 aromatic rings. The van der Waals surface area contributed by atoms with Gasteiger partial charge < -0.3 is 15.7 Å². The van der Waals surface area contributed by atoms with Crippen molar-refractivity contribution in [1.82, 2.24) is 4.90 Å². The summed E-state index contributed by atoms with van der Waals surface area (Å²) in [5.41, 5.74) is 7.48. The van der Waals surface area contributed by atoms with Gasteiger partial charge in [-0.05, 0) is 23.8 Å². The standard InChI is InChI=1S/C17H15N3O4S/c18-12-15(22)20-13(17(23)24)10(8-25-16(12)20)6-9-7-19(14(9)21)11-4-2-1-3-5-11/h1-6,12,16H,7-8,18H2,(H,23,24)/t12-,16-/m1/s1. The molecule has 3 N–H and O–H groups in total. The molecule has 3 aliphatic heterocycles. The van der Waals surface area contributed by atoms with E-state index in [0.717, 1.165) is 5.69 Å². The summed E-state index contributed by atoms with van der Waals surface area (Å²) < 4.78 is 0. The molecule has 8 heteroatoms. The van der Waals surface area contributed by atoms with Gasteiger partial charge in [0.2, 0.25) is 5.91 Å². The van der Waals surface area contributed by atoms with Crippen LogP contribution in [-0.2, 0) is 14.4 Å². The third-order valence-corrected chi connectivity index (χ3v) is 5.83. The number of aliphatic carboxylic acids is 1. The van der Waals surface area contributed by atoms with E-state index in [1.807, 2.05) is 30.3 Å². The number of carboxylic acids is 1. The molecular weight excluding hydrogens is 342 g/mol. The molecule has 7 nitrogen and oxygen atoms in total. The number of hydrogen-bond donors (Lipinski definition) is 2. The van der Waals surface area contributed by atoms with Crippen LogP contribution in [0.5, 0.6) is 0 Å². The van der Waals surface area contributed by atoms with Crippen LogP contribution in [0.25, 0.3) is 0 Å². The van der Waals surface area contributed by atoms with Gasteiger partial charge in [-0.3, -0.25) is 14.5 Å². The topological polar surface area (TPSA) is 104 Å². The Hall–Kier alpha value is -2.58. The molecule has 0 saturated carbocycles. The van der Waals surface area contributed by atoms with Crippen LogP contribution < -0.4 is 10.6 Å². The van der Waals surface area contributed by atoms with E-state index in [-0.39, 0.29) is 17.0 Å². The van der Waals surface area contributed by atoms with Gasteiger partial charge in [0.25, 0.3) is 5.91 Å². The van der Waals surface area contributed by atoms with Crippen molar-refractivity contribution in [1.29, 1.82) is 0 Å². The minimum atomic E-state index is -1.18. The molecule has 0 spiro atoms. The second kappa shape index (κ2) is 5.75. The number of allylic oxidation sites excluding steroid dienone is 1. The number of fused-ring (bicyclic) bond motifs is 1. The lowest BCUT2D eigenvalue weighted by atomic mass is 9.99. The van der Waals surface area contributed by atoms with E-state index in [4.69, 9.17) is 5.73 Å². The summed E-state index contributed by atoms with van der Waals surface area (Å²) in [6.07, 6.45) is 1.60. The molecule has 2 saturated heterocycles. The number of benzene rings is 1. The molecule has 2 amide bonds. The van der Waals surface area contributed by atoms with Crippen LogP contribution >= 0.6 is 11.8 Å². The minimum absolute atomic E-state index is 0.0612. The number of thioether (sulfide) groups is 1. The normalized spacial score (nSPS) is 27.2. The van der Waals surface area contributed by atoms with Crippen molar-refractivity contribution >= 4 is 35.2 Å². The summed E-state index contributed by atoms with van der Waals surface area (Å²) in [6, 6.07) is 8.61. The van der Waals surface area contributed by atoms with Crippen molar-refractivity contribution in [2.75, 3.05) is 17.2 Å². The van der Waals surface area contributed by atoms with Gasteiger partial charge in [0, 0.05) is 17.0 Å². The molecule has 1 aromatic carbocycles. The van der Waals surface area contributed by atoms with Gasteiger partial charge in [0.15, 0.2) is 0 Å². The molecule has 2 atom stereocenters. The van der Waals surface area contributed by atoms with E-state index in [1.165, 1.54) is 16.7 Å². The van der Waals surface area contributed by atoms with Crippen molar-refractivity contribution in [2.45, 2.75) is 11.4 Å². The highest BCUT2D eigenvalue weighted by molar-refractivity contribution is 8.00. The first-order chi connectivity index (χ1) is 12.0. The van der Waals surface area contributed by atoms with Gasteiger partial charge in [-0.1, -0.05) is 18.2 Å². The maximum atomic E-state index is 12.4. The summed E-state index contributed by atoms with van der Waals surface area (Å²) >= 11 is 1.42. The predicted octanol–water partition coefficient (Wildman–Crippen LogP) is 0.541. The molecule has 0 unspecified atom stereocenters. The molecule has 4 rings (SSSR count). The number of anilines is 1. The van der Waals surface area contributed by atoms with Crippen LogP contribution in [0.1, 0.15) is 0 Å². The zero-order valence-electron chi connectivity index (χ0n) is 13.1. The number of rotatable bonds is 3. The van der Waals surface area contributed by atoms with Crippen molar-refractivity contribution in [3.05, 3.63) is 53.3 Å². The summed E-state index contributed by atoms with van der Waals surface area (Å²) in [7, 11) is 0. The average molecular weight is 357 g/mol. The molecule has 0 bridgehead atoms. The first-order valence-electron chi connectivity index (χ1n) is 7.73. The van der Waals surface area contributed by atoms with Crippen LogP contribution in [0.15, 0.2) is 53.3 Å². The Balaban J connectivity index is 1.61. The fourth-order valence-electron chi connectivity index (χ4n) is 3.18. The van der Waals surface area contributed by atoms with E-state index in [9.17, 15) is 19.5 Å². The van der Waals surface area contributed by atoms with Crippen molar-refractivity contribution < 1.29 is 19.5 Å². The maximum absolute atomic E-state index is 12.4. The second-order valence-electron chi connectivity index (χ2n) is 6.01. The first kappa shape index (κ1) is 15.9. The van der Waals surface area contributed by atoms with Crippen LogP contribution in [0.4, 0.5) is 5.69 Å². The summed E-state index contributed by atoms with van der Waals surface area (Å²) in [4.78, 5) is 38.8. The Bertz CT molecular complexity index is 849. The number of hydrogen-bond acceptors (Lipinski definition) is 5. The molecule has 3 heterocycles. The zero-order chi connectivity index (χ0) is 17.7. The van der Waals surface area contributed by atoms with E-state index in [2.05, 4.69) is 0 Å². The fourth-order valence-corrected chi connectivity index (χ4v) is 4.43. The lowest BCUT2D eigenvalue weighted by Gasteiger charge is -2.47. The van der Waals surface area contributed by atoms with Gasteiger partial charge in [-0.25, -0.2) is 4.79 Å². The molecule has 0 radical (unpaired) electrons. The second-order valence-corrected chi connectivity index (χ2v) is 7.12. The van der Waals surface area contributed by atoms with Crippen molar-refractivity contribution in [3.63, 3.8) is 0 Å². The highest BCUT2D eigenvalue weighted by atomic mass is 32.2. The van der Waals surface area contributed by atoms with Gasteiger partial charge in [-0.15, -0.1) is 11.8 Å². The third kappa shape index (κ3) is 2.37. The highest BCUT2D eigenvalue weighted by Crippen LogP contribution is 2.40. The molecule has 2 fully saturated rings. The van der Waals surface area contributed by atoms with E-state index in [1.54, 1.807) is 11.0 Å². The highest BCUT2D eigenvalue weighted by Gasteiger charge is 2.51. The third-order valence-electron chi connectivity index (χ3n) is 4.51. The van der Waals surface area contributed by atoms with Gasteiger partial charge in [0.05, 0.1) is 6.54 Å². The monoisotopic (exact) mass is 357 g/mol. The summed E-state index contributed by atoms with van der Waals surface area (Å²) in [5, 5.41) is 9.17. The van der Waals surface area contributed by atoms with Crippen molar-refractivity contribution in [3.8, 4) is 0 Å². The Labute approximate surface area is 147 Å². The number of carboxylic acid groups (broad SMARTS) is 1. The smallest absolute Gasteiger partial charge is 0.352 e. The number of nitrogens with zero attached hydrogens (tertiary/aromatic N) is 2. The van der Waals surface area contributed by atoms with Gasteiger partial charge in [-0.2, -0.15) is 0 Å². The van der Waals surface area contributed by atoms with Crippen LogP contribution in [0.3, 0.4) is 0 Å². The quantitative estimate of drug-likeness (QED) is 0.604. The average Bonchev–Trinajstić information content (AvgIpc) is 2.63. The first-order valence-corrected chi connectivity index (χ1v) is 8.78. The maximum Gasteiger partial charge on any atom is 0.352 e. The Morgan fingerprint density at radius 2 is 2.00 bits per heavy atom. The van der Waals surface area contributed by atoms with E-state index >= 15 is 0 Å². The lowest BCUT2D eigenvalue weighted by molar-refractivity contribution is -0.147. The number of β-lactam (4-membered cyclic amide) rings is 2. The Kier molecular flexibility index (Phi) is 3.66. The number of carbonyl (C=O) groups excluding carboxylic acids is 2. The lowest BCUT2D eigenvalue weighted by Crippen LogP contribution is -2.68. The zero-order valence-corrected chi connectivity index (χ0v) is 13.9. The summed E-state index contributed by atoms with van der Waals surface area (Å²) in [5.74, 6) is -1.31. The minimum Gasteiger partial charge on any atom is -0.477 e. The van der Waals surface area contributed by atoms with Crippen LogP contribution in [-0.4, -0.2) is 51.5 Å². The van der Waals surface area contributed by atoms with E-state index in [0.29, 0.717) is 23.4 Å². The largest absolute Gasteiger partial charge is 0.477 e. The Morgan fingerprint density at radius 1 is 1.28 bits per heavy atom. The fraction of sp³-hybridized carbons (Fsp3) is 0.235. The summed E-state index contributed by atoms with van der Waals surface area (Å²) in [6.45, 7) is 0.417. The SMILES string of the molecule is N[C@@H]1C(=O)N2C(C(=O)O)=C(C=C3CN(c4ccccc4)C3=O)CS[C@H]12. The molecule has 25 heavy (non-hydrogen) atoms. The molecular formula is C17H15N3O4S. The van der Waals surface area contributed by atoms with Crippen LogP contribution in [0, 0.1) is 0 Å². The van der Waals surface area contributed by atoms with Crippen LogP contribution in [0.2, 0.25) is 0 Å². The van der Waals surface area contributed by atoms with E-state index < -0.39 is 17.9 Å². The molecule has 0 aliphatic carbocycles. The number of nitrogens with two attached hydrogens (primary N) is 1. The number of carbonyl (C=O) groups is 3. The van der Waals surface area contributed by atoms with Crippen molar-refractivity contribution in [2.24, 2.45) is 5.73 Å². The van der Waals surface area contributed by atoms with Gasteiger partial charge >= 0.3 is 5.97 Å². The predicted molar refractivity (Wildman–Crippen MR) is 92.6 cm³/mol. The Morgan fingerprint density at radius 3 is 2.64 bits per heavy atom. The van der Waals surface area contributed by atoms with Gasteiger partial charge in [0.1, 0.15) is 17.1 Å². The number of para-hydroxylation sites is 1. The molecule has 3 aliphatic rings. The molecule has 128 valence electrons. The molecule has 0 aromatic heterocycles. The number of amides is 2.